The maximum absolute atomic E-state index is 11.3. The standard InChI is InChI=1S/C10H13NO2.C7H5N5O4/c1-7(11)8-3-5-9(6-4-8)10(12)13-2;1-16-6(15)4-2-3(5(13)14)8-7-9-10-11-12(4)7/h3-7H,11H2,1-2H3;2H,1H3,(H,13,14)/t7-;/m1./s1. The summed E-state index contributed by atoms with van der Waals surface area (Å²) in [5, 5.41) is 19.0. The Balaban J connectivity index is 0.000000212. The highest BCUT2D eigenvalue weighted by atomic mass is 16.5. The van der Waals surface area contributed by atoms with Gasteiger partial charge >= 0.3 is 17.9 Å². The van der Waals surface area contributed by atoms with Gasteiger partial charge < -0.3 is 20.3 Å². The van der Waals surface area contributed by atoms with Gasteiger partial charge in [0.15, 0.2) is 11.4 Å². The fourth-order valence-electron chi connectivity index (χ4n) is 2.14. The Labute approximate surface area is 164 Å². The van der Waals surface area contributed by atoms with E-state index in [0.717, 1.165) is 16.1 Å². The second kappa shape index (κ2) is 9.32. The van der Waals surface area contributed by atoms with Gasteiger partial charge in [0, 0.05) is 12.1 Å². The Hall–Kier alpha value is -3.93. The Morgan fingerprint density at radius 1 is 1.10 bits per heavy atom. The van der Waals surface area contributed by atoms with Crippen molar-refractivity contribution in [2.24, 2.45) is 5.73 Å². The van der Waals surface area contributed by atoms with E-state index >= 15 is 0 Å². The van der Waals surface area contributed by atoms with Crippen LogP contribution in [0.1, 0.15) is 49.9 Å². The van der Waals surface area contributed by atoms with Crippen LogP contribution in [0.5, 0.6) is 0 Å². The number of nitrogens with zero attached hydrogens (tertiary/aromatic N) is 5. The van der Waals surface area contributed by atoms with Crippen molar-refractivity contribution < 1.29 is 29.0 Å². The number of aromatic nitrogens is 5. The molecule has 0 aliphatic rings. The number of hydrogen-bond donors (Lipinski definition) is 2. The minimum Gasteiger partial charge on any atom is -0.477 e. The number of hydrogen-bond acceptors (Lipinski definition) is 10. The number of aromatic carboxylic acids is 1. The molecule has 12 nitrogen and oxygen atoms in total. The Morgan fingerprint density at radius 3 is 2.24 bits per heavy atom. The molecule has 0 saturated carbocycles. The van der Waals surface area contributed by atoms with E-state index in [2.05, 4.69) is 30.0 Å². The van der Waals surface area contributed by atoms with E-state index < -0.39 is 11.9 Å². The summed E-state index contributed by atoms with van der Waals surface area (Å²) in [5.41, 5.74) is 6.78. The molecule has 0 saturated heterocycles. The van der Waals surface area contributed by atoms with Crippen LogP contribution in [-0.2, 0) is 9.47 Å². The summed E-state index contributed by atoms with van der Waals surface area (Å²) in [4.78, 5) is 36.8. The van der Waals surface area contributed by atoms with Gasteiger partial charge in [0.1, 0.15) is 0 Å². The average molecular weight is 402 g/mol. The highest BCUT2D eigenvalue weighted by molar-refractivity contribution is 5.92. The fraction of sp³-hybridized carbons (Fsp3) is 0.235. The molecule has 2 aromatic heterocycles. The van der Waals surface area contributed by atoms with Crippen molar-refractivity contribution in [3.05, 3.63) is 52.8 Å². The van der Waals surface area contributed by atoms with Crippen LogP contribution >= 0.6 is 0 Å². The van der Waals surface area contributed by atoms with Crippen LogP contribution in [0.25, 0.3) is 5.78 Å². The predicted octanol–water partition coefficient (Wildman–Crippen LogP) is 0.497. The topological polar surface area (TPSA) is 172 Å². The zero-order valence-corrected chi connectivity index (χ0v) is 15.8. The first kappa shape index (κ1) is 21.4. The molecule has 3 rings (SSSR count). The molecular formula is C17H18N6O6. The van der Waals surface area contributed by atoms with E-state index in [0.29, 0.717) is 5.56 Å². The molecule has 3 N–H and O–H groups in total. The van der Waals surface area contributed by atoms with E-state index in [-0.39, 0.29) is 29.2 Å². The molecule has 0 spiro atoms. The van der Waals surface area contributed by atoms with Crippen molar-refractivity contribution in [2.45, 2.75) is 13.0 Å². The lowest BCUT2D eigenvalue weighted by atomic mass is 10.1. The number of methoxy groups -OCH3 is 2. The third-order valence-corrected chi connectivity index (χ3v) is 3.65. The number of rotatable bonds is 4. The SMILES string of the molecule is COC(=O)c1cc(C(=O)O)nc2nnnn12.COC(=O)c1ccc([C@@H](C)N)cc1. The lowest BCUT2D eigenvalue weighted by Crippen LogP contribution is -2.13. The van der Waals surface area contributed by atoms with Crippen LogP contribution in [0.4, 0.5) is 0 Å². The number of nitrogens with two attached hydrogens (primary N) is 1. The van der Waals surface area contributed by atoms with Gasteiger partial charge in [0.2, 0.25) is 0 Å². The van der Waals surface area contributed by atoms with Crippen LogP contribution < -0.4 is 5.73 Å². The maximum atomic E-state index is 11.3. The second-order valence-electron chi connectivity index (χ2n) is 5.62. The second-order valence-corrected chi connectivity index (χ2v) is 5.62. The molecule has 0 amide bonds. The smallest absolute Gasteiger partial charge is 0.357 e. The molecule has 0 fully saturated rings. The molecule has 0 aliphatic heterocycles. The van der Waals surface area contributed by atoms with Gasteiger partial charge in [-0.15, -0.1) is 0 Å². The van der Waals surface area contributed by atoms with Crippen LogP contribution in [0.15, 0.2) is 30.3 Å². The molecule has 0 unspecified atom stereocenters. The summed E-state index contributed by atoms with van der Waals surface area (Å²) in [6, 6.07) is 8.12. The van der Waals surface area contributed by atoms with Crippen LogP contribution in [0.2, 0.25) is 0 Å². The number of carboxylic acids is 1. The highest BCUT2D eigenvalue weighted by Crippen LogP contribution is 2.11. The van der Waals surface area contributed by atoms with Crippen molar-refractivity contribution in [2.75, 3.05) is 14.2 Å². The summed E-state index contributed by atoms with van der Waals surface area (Å²) in [7, 11) is 2.53. The number of fused-ring (bicyclic) bond motifs is 1. The predicted molar refractivity (Wildman–Crippen MR) is 97.3 cm³/mol. The molecule has 12 heteroatoms. The Morgan fingerprint density at radius 2 is 1.72 bits per heavy atom. The number of carbonyl (C=O) groups excluding carboxylic acids is 2. The maximum Gasteiger partial charge on any atom is 0.357 e. The van der Waals surface area contributed by atoms with E-state index in [1.807, 2.05) is 19.1 Å². The van der Waals surface area contributed by atoms with Crippen molar-refractivity contribution in [3.8, 4) is 0 Å². The van der Waals surface area contributed by atoms with Crippen molar-refractivity contribution in [1.82, 2.24) is 25.0 Å². The van der Waals surface area contributed by atoms with E-state index in [1.54, 1.807) is 12.1 Å². The largest absolute Gasteiger partial charge is 0.477 e. The lowest BCUT2D eigenvalue weighted by molar-refractivity contribution is 0.0584. The molecule has 29 heavy (non-hydrogen) atoms. The van der Waals surface area contributed by atoms with Crippen LogP contribution in [-0.4, -0.2) is 62.3 Å². The number of carboxylic acid groups (broad SMARTS) is 1. The lowest BCUT2D eigenvalue weighted by Gasteiger charge is -2.05. The van der Waals surface area contributed by atoms with Gasteiger partial charge in [0.05, 0.1) is 19.8 Å². The number of carbonyl (C=O) groups is 3. The minimum absolute atomic E-state index is 0.00769. The summed E-state index contributed by atoms with van der Waals surface area (Å²) in [6.07, 6.45) is 0. The highest BCUT2D eigenvalue weighted by Gasteiger charge is 2.18. The number of esters is 2. The van der Waals surface area contributed by atoms with Crippen LogP contribution in [0.3, 0.4) is 0 Å². The number of benzene rings is 1. The normalized spacial score (nSPS) is 11.2. The molecule has 3 aromatic rings. The van der Waals surface area contributed by atoms with E-state index in [9.17, 15) is 14.4 Å². The van der Waals surface area contributed by atoms with Gasteiger partial charge in [-0.1, -0.05) is 17.2 Å². The first-order valence-electron chi connectivity index (χ1n) is 8.13. The van der Waals surface area contributed by atoms with Crippen LogP contribution in [0, 0.1) is 0 Å². The summed E-state index contributed by atoms with van der Waals surface area (Å²) in [5.74, 6) is -2.44. The molecule has 0 aliphatic carbocycles. The molecular weight excluding hydrogens is 384 g/mol. The Kier molecular flexibility index (Phi) is 6.87. The number of tetrazole rings is 1. The van der Waals surface area contributed by atoms with Crippen molar-refractivity contribution in [1.29, 1.82) is 0 Å². The monoisotopic (exact) mass is 402 g/mol. The first-order valence-corrected chi connectivity index (χ1v) is 8.13. The zero-order chi connectivity index (χ0) is 21.6. The molecule has 0 bridgehead atoms. The molecule has 0 radical (unpaired) electrons. The fourth-order valence-corrected chi connectivity index (χ4v) is 2.14. The number of ether oxygens (including phenoxy) is 2. The van der Waals surface area contributed by atoms with Gasteiger partial charge in [-0.05, 0) is 35.0 Å². The summed E-state index contributed by atoms with van der Waals surface area (Å²) < 4.78 is 10.0. The van der Waals surface area contributed by atoms with Gasteiger partial charge in [-0.3, -0.25) is 0 Å². The summed E-state index contributed by atoms with van der Waals surface area (Å²) >= 11 is 0. The molecule has 1 aromatic carbocycles. The third kappa shape index (κ3) is 5.07. The van der Waals surface area contributed by atoms with E-state index in [4.69, 9.17) is 10.8 Å². The van der Waals surface area contributed by atoms with Gasteiger partial charge in [-0.25, -0.2) is 19.4 Å². The summed E-state index contributed by atoms with van der Waals surface area (Å²) in [6.45, 7) is 1.90. The van der Waals surface area contributed by atoms with Gasteiger partial charge in [-0.2, -0.15) is 4.52 Å². The molecule has 1 atom stereocenters. The molecule has 152 valence electrons. The van der Waals surface area contributed by atoms with Crippen molar-refractivity contribution in [3.63, 3.8) is 0 Å². The Bertz CT molecular complexity index is 1030. The van der Waals surface area contributed by atoms with E-state index in [1.165, 1.54) is 14.2 Å². The minimum atomic E-state index is -1.28. The van der Waals surface area contributed by atoms with Gasteiger partial charge in [0.25, 0.3) is 5.78 Å². The van der Waals surface area contributed by atoms with Crippen molar-refractivity contribution >= 4 is 23.7 Å². The zero-order valence-electron chi connectivity index (χ0n) is 15.8. The third-order valence-electron chi connectivity index (χ3n) is 3.65. The first-order chi connectivity index (χ1) is 13.8. The average Bonchev–Trinajstić information content (AvgIpc) is 3.21. The molecule has 2 heterocycles. The quantitative estimate of drug-likeness (QED) is 0.582.